The average molecular weight is 388 g/mol. The summed E-state index contributed by atoms with van der Waals surface area (Å²) >= 11 is 0. The van der Waals surface area contributed by atoms with E-state index in [2.05, 4.69) is 25.4 Å². The third-order valence-electron chi connectivity index (χ3n) is 3.73. The quantitative estimate of drug-likeness (QED) is 0.727. The highest BCUT2D eigenvalue weighted by Gasteiger charge is 2.38. The molecule has 0 radical (unpaired) electrons. The van der Waals surface area contributed by atoms with Crippen molar-refractivity contribution in [3.8, 4) is 0 Å². The molecule has 2 aromatic rings. The second-order valence-corrected chi connectivity index (χ2v) is 5.91. The highest BCUT2D eigenvalue weighted by Crippen LogP contribution is 2.18. The summed E-state index contributed by atoms with van der Waals surface area (Å²) in [6.45, 7) is 2.15. The lowest BCUT2D eigenvalue weighted by molar-refractivity contribution is -0.192. The number of amides is 1. The van der Waals surface area contributed by atoms with E-state index < -0.39 is 12.1 Å². The van der Waals surface area contributed by atoms with Gasteiger partial charge in [-0.3, -0.25) is 4.79 Å². The Labute approximate surface area is 152 Å². The van der Waals surface area contributed by atoms with E-state index in [4.69, 9.17) is 9.90 Å². The number of nitrogens with one attached hydrogen (secondary N) is 2. The molecule has 0 bridgehead atoms. The van der Waals surface area contributed by atoms with Gasteiger partial charge in [0.1, 0.15) is 11.6 Å². The van der Waals surface area contributed by atoms with E-state index in [9.17, 15) is 18.0 Å². The van der Waals surface area contributed by atoms with E-state index in [1.807, 2.05) is 0 Å². The summed E-state index contributed by atoms with van der Waals surface area (Å²) in [6.07, 6.45) is -0.595. The minimum absolute atomic E-state index is 0.234. The van der Waals surface area contributed by atoms with Crippen molar-refractivity contribution in [3.63, 3.8) is 0 Å². The van der Waals surface area contributed by atoms with Crippen LogP contribution in [0.5, 0.6) is 0 Å². The van der Waals surface area contributed by atoms with Crippen LogP contribution >= 0.6 is 0 Å². The van der Waals surface area contributed by atoms with E-state index in [0.717, 1.165) is 24.4 Å². The molecule has 0 unspecified atom stereocenters. The third kappa shape index (κ3) is 5.53. The predicted molar refractivity (Wildman–Crippen MR) is 85.8 cm³/mol. The van der Waals surface area contributed by atoms with Crippen LogP contribution in [0.4, 0.5) is 13.2 Å². The molecule has 0 aliphatic heterocycles. The fourth-order valence-corrected chi connectivity index (χ4v) is 2.55. The van der Waals surface area contributed by atoms with Crippen LogP contribution in [0.1, 0.15) is 46.5 Å². The Morgan fingerprint density at radius 2 is 1.89 bits per heavy atom. The number of halogens is 3. The van der Waals surface area contributed by atoms with Crippen LogP contribution in [-0.4, -0.2) is 47.9 Å². The largest absolute Gasteiger partial charge is 0.490 e. The molecular weight excluding hydrogens is 369 g/mol. The zero-order valence-electron chi connectivity index (χ0n) is 14.7. The van der Waals surface area contributed by atoms with Crippen LogP contribution in [0, 0.1) is 6.92 Å². The van der Waals surface area contributed by atoms with Gasteiger partial charge < -0.3 is 15.4 Å². The number of imidazole rings is 1. The lowest BCUT2D eigenvalue weighted by atomic mass is 10.0. The van der Waals surface area contributed by atoms with Gasteiger partial charge in [0.15, 0.2) is 0 Å². The lowest BCUT2D eigenvalue weighted by Crippen LogP contribution is -2.26. The summed E-state index contributed by atoms with van der Waals surface area (Å²) < 4.78 is 33.2. The van der Waals surface area contributed by atoms with Crippen molar-refractivity contribution in [2.24, 2.45) is 7.05 Å². The molecule has 1 amide bonds. The molecule has 0 aromatic carbocycles. The molecule has 0 fully saturated rings. The normalized spacial score (nSPS) is 13.4. The zero-order chi connectivity index (χ0) is 20.2. The second kappa shape index (κ2) is 8.18. The van der Waals surface area contributed by atoms with Gasteiger partial charge in [-0.25, -0.2) is 19.4 Å². The van der Waals surface area contributed by atoms with Crippen molar-refractivity contribution in [1.29, 1.82) is 0 Å². The van der Waals surface area contributed by atoms with Crippen LogP contribution in [0.3, 0.4) is 0 Å². The van der Waals surface area contributed by atoms with E-state index >= 15 is 0 Å². The Kier molecular flexibility index (Phi) is 6.18. The molecule has 2 heterocycles. The average Bonchev–Trinajstić information content (AvgIpc) is 3.14. The van der Waals surface area contributed by atoms with Crippen molar-refractivity contribution in [3.05, 3.63) is 28.9 Å². The van der Waals surface area contributed by atoms with E-state index in [1.165, 1.54) is 23.2 Å². The van der Waals surface area contributed by atoms with Crippen LogP contribution in [0.2, 0.25) is 0 Å². The molecule has 2 aromatic heterocycles. The summed E-state index contributed by atoms with van der Waals surface area (Å²) in [7, 11) is 1.71. The number of hydrogen-bond donors (Lipinski definition) is 3. The number of carbonyl (C=O) groups excluding carboxylic acids is 1. The van der Waals surface area contributed by atoms with Crippen molar-refractivity contribution in [2.45, 2.75) is 45.3 Å². The number of fused-ring (bicyclic) bond motifs is 1. The highest BCUT2D eigenvalue weighted by molar-refractivity contribution is 5.90. The Balaban J connectivity index is 0.000000321. The number of aliphatic carboxylic acids is 1. The van der Waals surface area contributed by atoms with Gasteiger partial charge in [-0.05, 0) is 32.6 Å². The number of aromatic nitrogens is 5. The molecule has 148 valence electrons. The fraction of sp³-hybridized carbons (Fsp3) is 0.533. The Bertz CT molecular complexity index is 804. The number of hydrogen-bond acceptors (Lipinski definition) is 5. The van der Waals surface area contributed by atoms with Gasteiger partial charge in [0, 0.05) is 12.7 Å². The number of H-pyrrole nitrogens is 1. The van der Waals surface area contributed by atoms with Crippen molar-refractivity contribution in [2.75, 3.05) is 0 Å². The molecule has 1 aliphatic rings. The van der Waals surface area contributed by atoms with Crippen LogP contribution in [0.15, 0.2) is 0 Å². The maximum atomic E-state index is 12.0. The van der Waals surface area contributed by atoms with Gasteiger partial charge in [-0.2, -0.15) is 18.3 Å². The molecule has 0 saturated heterocycles. The Morgan fingerprint density at radius 3 is 2.41 bits per heavy atom. The van der Waals surface area contributed by atoms with Crippen molar-refractivity contribution >= 4 is 11.9 Å². The maximum absolute atomic E-state index is 12.0. The first-order valence-corrected chi connectivity index (χ1v) is 8.10. The first-order valence-electron chi connectivity index (χ1n) is 8.10. The predicted octanol–water partition coefficient (Wildman–Crippen LogP) is 1.29. The summed E-state index contributed by atoms with van der Waals surface area (Å²) in [5, 5.41) is 14.0. The number of carbonyl (C=O) groups is 2. The van der Waals surface area contributed by atoms with Gasteiger partial charge >= 0.3 is 12.1 Å². The number of aryl methyl sites for hydroxylation is 4. The van der Waals surface area contributed by atoms with Crippen LogP contribution < -0.4 is 5.32 Å². The van der Waals surface area contributed by atoms with Gasteiger partial charge in [0.25, 0.3) is 5.91 Å². The molecule has 27 heavy (non-hydrogen) atoms. The standard InChI is InChI=1S/C13H18N6O.C2HF3O2/c1-8-15-12(19(2)18-8)13(20)14-7-11-16-9-5-3-4-6-10(9)17-11;3-2(4,5)1(6)7/h3-7H2,1-2H3,(H,14,20)(H,16,17);(H,6,7). The number of carboxylic acid groups (broad SMARTS) is 1. The molecule has 9 nitrogen and oxygen atoms in total. The van der Waals surface area contributed by atoms with Gasteiger partial charge in [-0.1, -0.05) is 0 Å². The molecule has 0 saturated carbocycles. The lowest BCUT2D eigenvalue weighted by Gasteiger charge is -2.07. The number of nitrogens with zero attached hydrogens (tertiary/aromatic N) is 4. The van der Waals surface area contributed by atoms with Gasteiger partial charge in [-0.15, -0.1) is 0 Å². The molecule has 0 atom stereocenters. The van der Waals surface area contributed by atoms with Gasteiger partial charge in [0.05, 0.1) is 12.2 Å². The molecule has 3 rings (SSSR count). The van der Waals surface area contributed by atoms with E-state index in [0.29, 0.717) is 18.2 Å². The number of aromatic amines is 1. The smallest absolute Gasteiger partial charge is 0.475 e. The number of rotatable bonds is 3. The summed E-state index contributed by atoms with van der Waals surface area (Å²) in [6, 6.07) is 0. The third-order valence-corrected chi connectivity index (χ3v) is 3.73. The van der Waals surface area contributed by atoms with Crippen molar-refractivity contribution < 1.29 is 27.9 Å². The maximum Gasteiger partial charge on any atom is 0.490 e. The van der Waals surface area contributed by atoms with E-state index in [1.54, 1.807) is 14.0 Å². The second-order valence-electron chi connectivity index (χ2n) is 5.91. The van der Waals surface area contributed by atoms with Crippen LogP contribution in [-0.2, 0) is 31.2 Å². The minimum Gasteiger partial charge on any atom is -0.475 e. The Morgan fingerprint density at radius 1 is 1.26 bits per heavy atom. The summed E-state index contributed by atoms with van der Waals surface area (Å²) in [4.78, 5) is 32.8. The number of alkyl halides is 3. The molecule has 3 N–H and O–H groups in total. The summed E-state index contributed by atoms with van der Waals surface area (Å²) in [5.74, 6) is -1.27. The van der Waals surface area contributed by atoms with Gasteiger partial charge in [0.2, 0.25) is 5.82 Å². The first kappa shape index (κ1) is 20.4. The Hall–Kier alpha value is -2.92. The first-order chi connectivity index (χ1) is 12.6. The minimum atomic E-state index is -5.08. The SMILES string of the molecule is Cc1nc(C(=O)NCc2nc3c([nH]2)CCCC3)n(C)n1.O=C(O)C(F)(F)F. The monoisotopic (exact) mass is 388 g/mol. The molecule has 0 spiro atoms. The highest BCUT2D eigenvalue weighted by atomic mass is 19.4. The van der Waals surface area contributed by atoms with Crippen LogP contribution in [0.25, 0.3) is 0 Å². The van der Waals surface area contributed by atoms with Crippen molar-refractivity contribution in [1.82, 2.24) is 30.0 Å². The van der Waals surface area contributed by atoms with E-state index in [-0.39, 0.29) is 5.91 Å². The fourth-order valence-electron chi connectivity index (χ4n) is 2.55. The topological polar surface area (TPSA) is 126 Å². The summed E-state index contributed by atoms with van der Waals surface area (Å²) in [5.41, 5.74) is 2.37. The number of carboxylic acids is 1. The molecular formula is C15H19F3N6O3. The molecule has 1 aliphatic carbocycles. The molecule has 12 heteroatoms. The zero-order valence-corrected chi connectivity index (χ0v) is 14.7.